The molecule has 92 valence electrons. The summed E-state index contributed by atoms with van der Waals surface area (Å²) in [5.74, 6) is 0.754. The Balaban J connectivity index is 4.57. The Bertz CT molecular complexity index is 143. The molecule has 0 aromatic rings. The monoisotopic (exact) mass is 214 g/mol. The van der Waals surface area contributed by atoms with Gasteiger partial charge in [0.25, 0.3) is 0 Å². The Morgan fingerprint density at radius 1 is 1.00 bits per heavy atom. The average Bonchev–Trinajstić information content (AvgIpc) is 2.28. The molecule has 0 amide bonds. The van der Waals surface area contributed by atoms with E-state index in [1.54, 1.807) is 0 Å². The van der Waals surface area contributed by atoms with Gasteiger partial charge in [-0.3, -0.25) is 4.90 Å². The summed E-state index contributed by atoms with van der Waals surface area (Å²) in [6.07, 6.45) is 3.70. The highest BCUT2D eigenvalue weighted by Crippen LogP contribution is 2.20. The van der Waals surface area contributed by atoms with Crippen LogP contribution in [0.15, 0.2) is 0 Å². The second-order valence-electron chi connectivity index (χ2n) is 4.47. The maximum atomic E-state index is 5.95. The Labute approximate surface area is 96.2 Å². The van der Waals surface area contributed by atoms with Crippen LogP contribution in [0.25, 0.3) is 0 Å². The molecule has 0 rings (SSSR count). The van der Waals surface area contributed by atoms with Gasteiger partial charge in [0.2, 0.25) is 0 Å². The molecule has 0 saturated heterocycles. The van der Waals surface area contributed by atoms with Crippen LogP contribution in [-0.4, -0.2) is 30.1 Å². The molecule has 0 heterocycles. The number of hydrogen-bond acceptors (Lipinski definition) is 2. The normalized spacial score (nSPS) is 16.0. The Hall–Kier alpha value is -0.0800. The van der Waals surface area contributed by atoms with Crippen LogP contribution in [0.1, 0.15) is 53.9 Å². The van der Waals surface area contributed by atoms with Gasteiger partial charge in [-0.05, 0) is 25.8 Å². The van der Waals surface area contributed by atoms with Gasteiger partial charge < -0.3 is 5.73 Å². The lowest BCUT2D eigenvalue weighted by Crippen LogP contribution is -2.49. The van der Waals surface area contributed by atoms with Crippen molar-refractivity contribution >= 4 is 0 Å². The van der Waals surface area contributed by atoms with E-state index in [9.17, 15) is 0 Å². The lowest BCUT2D eigenvalue weighted by atomic mass is 9.91. The van der Waals surface area contributed by atoms with Crippen LogP contribution in [0.3, 0.4) is 0 Å². The summed E-state index contributed by atoms with van der Waals surface area (Å²) >= 11 is 0. The van der Waals surface area contributed by atoms with Gasteiger partial charge in [0.15, 0.2) is 0 Å². The Morgan fingerprint density at radius 3 is 1.80 bits per heavy atom. The predicted octanol–water partition coefficient (Wildman–Crippen LogP) is 2.87. The molecule has 0 spiro atoms. The fraction of sp³-hybridized carbons (Fsp3) is 1.00. The molecule has 0 bridgehead atoms. The summed E-state index contributed by atoms with van der Waals surface area (Å²) < 4.78 is 0. The maximum absolute atomic E-state index is 5.95. The molecule has 2 atom stereocenters. The third-order valence-electron chi connectivity index (χ3n) is 3.78. The highest BCUT2D eigenvalue weighted by atomic mass is 15.2. The zero-order valence-corrected chi connectivity index (χ0v) is 11.3. The molecule has 0 aliphatic rings. The predicted molar refractivity (Wildman–Crippen MR) is 69.0 cm³/mol. The van der Waals surface area contributed by atoms with E-state index in [4.69, 9.17) is 5.73 Å². The number of rotatable bonds is 8. The number of likely N-dealkylation sites (N-methyl/N-ethyl adjacent to an activating group) is 1. The van der Waals surface area contributed by atoms with E-state index in [-0.39, 0.29) is 0 Å². The van der Waals surface area contributed by atoms with Crippen molar-refractivity contribution in [2.45, 2.75) is 66.0 Å². The van der Waals surface area contributed by atoms with Gasteiger partial charge >= 0.3 is 0 Å². The van der Waals surface area contributed by atoms with Crippen LogP contribution in [0.4, 0.5) is 0 Å². The van der Waals surface area contributed by atoms with Gasteiger partial charge in [0.1, 0.15) is 0 Å². The molecule has 2 heteroatoms. The largest absolute Gasteiger partial charge is 0.329 e. The molecule has 0 aromatic carbocycles. The van der Waals surface area contributed by atoms with Crippen molar-refractivity contribution in [2.75, 3.05) is 13.1 Å². The van der Waals surface area contributed by atoms with Crippen molar-refractivity contribution < 1.29 is 0 Å². The number of nitrogens with two attached hydrogens (primary N) is 1. The van der Waals surface area contributed by atoms with Gasteiger partial charge in [-0.25, -0.2) is 0 Å². The number of hydrogen-bond donors (Lipinski definition) is 1. The summed E-state index contributed by atoms with van der Waals surface area (Å²) in [7, 11) is 0. The van der Waals surface area contributed by atoms with Crippen LogP contribution in [0, 0.1) is 5.92 Å². The maximum Gasteiger partial charge on any atom is 0.0249 e. The Kier molecular flexibility index (Phi) is 8.07. The molecular formula is C13H30N2. The zero-order chi connectivity index (χ0) is 11.8. The highest BCUT2D eigenvalue weighted by molar-refractivity contribution is 4.81. The topological polar surface area (TPSA) is 29.3 Å². The summed E-state index contributed by atoms with van der Waals surface area (Å²) in [4.78, 5) is 2.58. The summed E-state index contributed by atoms with van der Waals surface area (Å²) in [6, 6.07) is 1.23. The van der Waals surface area contributed by atoms with E-state index < -0.39 is 0 Å². The smallest absolute Gasteiger partial charge is 0.0249 e. The van der Waals surface area contributed by atoms with Gasteiger partial charge in [0, 0.05) is 18.6 Å². The van der Waals surface area contributed by atoms with Crippen LogP contribution in [0.2, 0.25) is 0 Å². The van der Waals surface area contributed by atoms with Crippen molar-refractivity contribution in [3.8, 4) is 0 Å². The summed E-state index contributed by atoms with van der Waals surface area (Å²) in [5.41, 5.74) is 5.95. The quantitative estimate of drug-likeness (QED) is 0.673. The highest BCUT2D eigenvalue weighted by Gasteiger charge is 2.25. The van der Waals surface area contributed by atoms with Crippen molar-refractivity contribution in [1.29, 1.82) is 0 Å². The first-order chi connectivity index (χ1) is 7.15. The molecule has 0 aliphatic heterocycles. The SMILES string of the molecule is CCC(CC)C(CN)N(CC)C(C)CC. The first kappa shape index (κ1) is 14.9. The van der Waals surface area contributed by atoms with Crippen LogP contribution >= 0.6 is 0 Å². The van der Waals surface area contributed by atoms with E-state index in [0.29, 0.717) is 12.1 Å². The van der Waals surface area contributed by atoms with E-state index in [1.807, 2.05) is 0 Å². The van der Waals surface area contributed by atoms with E-state index >= 15 is 0 Å². The van der Waals surface area contributed by atoms with E-state index in [0.717, 1.165) is 19.0 Å². The number of nitrogens with zero attached hydrogens (tertiary/aromatic N) is 1. The minimum absolute atomic E-state index is 0.569. The van der Waals surface area contributed by atoms with E-state index in [1.165, 1.54) is 19.3 Å². The molecule has 0 fully saturated rings. The lowest BCUT2D eigenvalue weighted by Gasteiger charge is -2.39. The molecule has 2 N–H and O–H groups in total. The molecular weight excluding hydrogens is 184 g/mol. The zero-order valence-electron chi connectivity index (χ0n) is 11.3. The molecule has 15 heavy (non-hydrogen) atoms. The van der Waals surface area contributed by atoms with Gasteiger partial charge in [-0.1, -0.05) is 40.5 Å². The molecule has 0 aromatic heterocycles. The third kappa shape index (κ3) is 4.12. The molecule has 2 nitrogen and oxygen atoms in total. The fourth-order valence-corrected chi connectivity index (χ4v) is 2.54. The van der Waals surface area contributed by atoms with Gasteiger partial charge in [0.05, 0.1) is 0 Å². The minimum Gasteiger partial charge on any atom is -0.329 e. The van der Waals surface area contributed by atoms with E-state index in [2.05, 4.69) is 39.5 Å². The van der Waals surface area contributed by atoms with Crippen molar-refractivity contribution in [1.82, 2.24) is 4.90 Å². The standard InChI is InChI=1S/C13H30N2/c1-6-11(5)15(9-4)13(10-14)12(7-2)8-3/h11-13H,6-10,14H2,1-5H3. The third-order valence-corrected chi connectivity index (χ3v) is 3.78. The molecule has 0 radical (unpaired) electrons. The van der Waals surface area contributed by atoms with Crippen molar-refractivity contribution in [3.63, 3.8) is 0 Å². The van der Waals surface area contributed by atoms with Crippen LogP contribution in [0.5, 0.6) is 0 Å². The van der Waals surface area contributed by atoms with Crippen LogP contribution in [-0.2, 0) is 0 Å². The van der Waals surface area contributed by atoms with Crippen LogP contribution < -0.4 is 5.73 Å². The first-order valence-electron chi connectivity index (χ1n) is 6.61. The summed E-state index contributed by atoms with van der Waals surface area (Å²) in [6.45, 7) is 13.3. The van der Waals surface area contributed by atoms with Gasteiger partial charge in [-0.2, -0.15) is 0 Å². The lowest BCUT2D eigenvalue weighted by molar-refractivity contribution is 0.103. The van der Waals surface area contributed by atoms with Crippen molar-refractivity contribution in [2.24, 2.45) is 11.7 Å². The van der Waals surface area contributed by atoms with Gasteiger partial charge in [-0.15, -0.1) is 0 Å². The fourth-order valence-electron chi connectivity index (χ4n) is 2.54. The molecule has 0 aliphatic carbocycles. The summed E-state index contributed by atoms with van der Waals surface area (Å²) in [5, 5.41) is 0. The molecule has 0 saturated carbocycles. The van der Waals surface area contributed by atoms with Crippen molar-refractivity contribution in [3.05, 3.63) is 0 Å². The average molecular weight is 214 g/mol. The minimum atomic E-state index is 0.569. The first-order valence-corrected chi connectivity index (χ1v) is 6.61. The Morgan fingerprint density at radius 2 is 1.53 bits per heavy atom. The second kappa shape index (κ2) is 8.12. The molecule has 2 unspecified atom stereocenters. The second-order valence-corrected chi connectivity index (χ2v) is 4.47.